The molecular formula is C15H17N3O4S. The number of aromatic nitrogens is 2. The van der Waals surface area contributed by atoms with Crippen molar-refractivity contribution in [2.24, 2.45) is 0 Å². The van der Waals surface area contributed by atoms with Gasteiger partial charge in [0.05, 0.1) is 24.3 Å². The summed E-state index contributed by atoms with van der Waals surface area (Å²) in [6.45, 7) is 0.434. The van der Waals surface area contributed by atoms with Crippen LogP contribution in [-0.4, -0.2) is 61.1 Å². The van der Waals surface area contributed by atoms with E-state index in [0.717, 1.165) is 5.56 Å². The predicted molar refractivity (Wildman–Crippen MR) is 85.1 cm³/mol. The van der Waals surface area contributed by atoms with E-state index in [1.165, 1.54) is 4.90 Å². The highest BCUT2D eigenvalue weighted by Gasteiger charge is 2.26. The number of ether oxygens (including phenoxy) is 1. The Morgan fingerprint density at radius 1 is 1.26 bits per heavy atom. The van der Waals surface area contributed by atoms with E-state index in [9.17, 15) is 13.2 Å². The van der Waals surface area contributed by atoms with Crippen molar-refractivity contribution in [3.05, 3.63) is 36.0 Å². The molecule has 1 fully saturated rings. The first kappa shape index (κ1) is 15.5. The number of methoxy groups -OCH3 is 1. The fraction of sp³-hybridized carbons (Fsp3) is 0.333. The summed E-state index contributed by atoms with van der Waals surface area (Å²) in [6.07, 6.45) is 0. The number of aromatic amines is 1. The van der Waals surface area contributed by atoms with E-state index in [1.54, 1.807) is 13.2 Å². The maximum atomic E-state index is 12.4. The first-order valence-electron chi connectivity index (χ1n) is 7.18. The van der Waals surface area contributed by atoms with Crippen LogP contribution in [0.4, 0.5) is 0 Å². The number of carbonyl (C=O) groups excluding carboxylic acids is 1. The number of carbonyl (C=O) groups is 1. The lowest BCUT2D eigenvalue weighted by molar-refractivity contribution is 0.0764. The summed E-state index contributed by atoms with van der Waals surface area (Å²) in [6, 6.07) is 9.05. The van der Waals surface area contributed by atoms with Crippen molar-refractivity contribution in [3.8, 4) is 17.0 Å². The van der Waals surface area contributed by atoms with Gasteiger partial charge in [0.2, 0.25) is 0 Å². The zero-order chi connectivity index (χ0) is 16.4. The van der Waals surface area contributed by atoms with Crippen LogP contribution < -0.4 is 4.74 Å². The smallest absolute Gasteiger partial charge is 0.271 e. The number of sulfone groups is 1. The van der Waals surface area contributed by atoms with Crippen molar-refractivity contribution in [2.45, 2.75) is 0 Å². The normalized spacial score (nSPS) is 17.0. The van der Waals surface area contributed by atoms with Gasteiger partial charge in [0.1, 0.15) is 11.4 Å². The quantitative estimate of drug-likeness (QED) is 0.902. The Balaban J connectivity index is 1.77. The Bertz CT molecular complexity index is 815. The zero-order valence-corrected chi connectivity index (χ0v) is 13.5. The number of nitrogens with zero attached hydrogens (tertiary/aromatic N) is 2. The Kier molecular flexibility index (Phi) is 4.08. The van der Waals surface area contributed by atoms with Crippen LogP contribution in [0.25, 0.3) is 11.3 Å². The lowest BCUT2D eigenvalue weighted by Crippen LogP contribution is -2.43. The number of amides is 1. The minimum absolute atomic E-state index is 0.00954. The van der Waals surface area contributed by atoms with Gasteiger partial charge in [-0.15, -0.1) is 0 Å². The van der Waals surface area contributed by atoms with Crippen molar-refractivity contribution in [1.29, 1.82) is 0 Å². The Labute approximate surface area is 134 Å². The van der Waals surface area contributed by atoms with Crippen LogP contribution in [0.3, 0.4) is 0 Å². The number of nitrogens with one attached hydrogen (secondary N) is 1. The molecular weight excluding hydrogens is 318 g/mol. The second kappa shape index (κ2) is 6.04. The average molecular weight is 335 g/mol. The molecule has 1 aromatic carbocycles. The van der Waals surface area contributed by atoms with Gasteiger partial charge in [0, 0.05) is 18.7 Å². The average Bonchev–Trinajstić information content (AvgIpc) is 3.04. The second-order valence-corrected chi connectivity index (χ2v) is 7.65. The third kappa shape index (κ3) is 3.37. The van der Waals surface area contributed by atoms with Gasteiger partial charge < -0.3 is 9.64 Å². The van der Waals surface area contributed by atoms with Crippen molar-refractivity contribution < 1.29 is 17.9 Å². The molecule has 122 valence electrons. The van der Waals surface area contributed by atoms with E-state index in [0.29, 0.717) is 17.1 Å². The van der Waals surface area contributed by atoms with Crippen molar-refractivity contribution in [2.75, 3.05) is 31.7 Å². The minimum Gasteiger partial charge on any atom is -0.497 e. The molecule has 2 heterocycles. The van der Waals surface area contributed by atoms with E-state index < -0.39 is 9.84 Å². The summed E-state index contributed by atoms with van der Waals surface area (Å²) < 4.78 is 28.0. The van der Waals surface area contributed by atoms with Crippen LogP contribution in [0.1, 0.15) is 10.5 Å². The van der Waals surface area contributed by atoms with Gasteiger partial charge in [0.25, 0.3) is 5.91 Å². The molecule has 3 rings (SSSR count). The molecule has 1 saturated heterocycles. The summed E-state index contributed by atoms with van der Waals surface area (Å²) in [5, 5.41) is 6.89. The molecule has 7 nitrogen and oxygen atoms in total. The molecule has 8 heteroatoms. The Hall–Kier alpha value is -2.35. The molecule has 0 atom stereocenters. The van der Waals surface area contributed by atoms with Crippen LogP contribution in [0.2, 0.25) is 0 Å². The van der Waals surface area contributed by atoms with E-state index in [1.807, 2.05) is 24.3 Å². The number of hydrogen-bond acceptors (Lipinski definition) is 5. The lowest BCUT2D eigenvalue weighted by Gasteiger charge is -2.26. The predicted octanol–water partition coefficient (Wildman–Crippen LogP) is 0.956. The highest BCUT2D eigenvalue weighted by Crippen LogP contribution is 2.23. The van der Waals surface area contributed by atoms with Crippen molar-refractivity contribution >= 4 is 15.7 Å². The summed E-state index contributed by atoms with van der Waals surface area (Å²) in [4.78, 5) is 13.9. The van der Waals surface area contributed by atoms with Gasteiger partial charge in [0.15, 0.2) is 9.84 Å². The van der Waals surface area contributed by atoms with E-state index in [2.05, 4.69) is 10.2 Å². The van der Waals surface area contributed by atoms with E-state index in [-0.39, 0.29) is 30.5 Å². The van der Waals surface area contributed by atoms with Crippen molar-refractivity contribution in [1.82, 2.24) is 15.1 Å². The third-order valence-corrected chi connectivity index (χ3v) is 5.41. The van der Waals surface area contributed by atoms with Gasteiger partial charge in [-0.25, -0.2) is 8.42 Å². The largest absolute Gasteiger partial charge is 0.497 e. The SMILES string of the molecule is COc1cccc(-c2cc(C(=O)N3CCS(=O)(=O)CC3)[nH]n2)c1. The molecule has 1 aliphatic rings. The summed E-state index contributed by atoms with van der Waals surface area (Å²) in [5.41, 5.74) is 1.82. The van der Waals surface area contributed by atoms with Crippen LogP contribution in [-0.2, 0) is 9.84 Å². The summed E-state index contributed by atoms with van der Waals surface area (Å²) >= 11 is 0. The van der Waals surface area contributed by atoms with Gasteiger partial charge >= 0.3 is 0 Å². The van der Waals surface area contributed by atoms with Gasteiger partial charge in [-0.3, -0.25) is 9.89 Å². The molecule has 2 aromatic rings. The summed E-state index contributed by atoms with van der Waals surface area (Å²) in [7, 11) is -1.42. The molecule has 1 N–H and O–H groups in total. The molecule has 0 saturated carbocycles. The zero-order valence-electron chi connectivity index (χ0n) is 12.7. The number of H-pyrrole nitrogens is 1. The van der Waals surface area contributed by atoms with Crippen LogP contribution in [0.5, 0.6) is 5.75 Å². The Morgan fingerprint density at radius 3 is 2.70 bits per heavy atom. The number of benzene rings is 1. The molecule has 1 aromatic heterocycles. The molecule has 0 spiro atoms. The number of rotatable bonds is 3. The molecule has 0 radical (unpaired) electrons. The van der Waals surface area contributed by atoms with Crippen molar-refractivity contribution in [3.63, 3.8) is 0 Å². The first-order valence-corrected chi connectivity index (χ1v) is 9.00. The third-order valence-electron chi connectivity index (χ3n) is 3.81. The molecule has 1 aliphatic heterocycles. The van der Waals surface area contributed by atoms with Gasteiger partial charge in [-0.2, -0.15) is 5.10 Å². The highest BCUT2D eigenvalue weighted by atomic mass is 32.2. The monoisotopic (exact) mass is 335 g/mol. The first-order chi connectivity index (χ1) is 11.0. The topological polar surface area (TPSA) is 92.4 Å². The molecule has 0 unspecified atom stereocenters. The number of hydrogen-bond donors (Lipinski definition) is 1. The standard InChI is InChI=1S/C15H17N3O4S/c1-22-12-4-2-3-11(9-12)13-10-14(17-16-13)15(19)18-5-7-23(20,21)8-6-18/h2-4,9-10H,5-8H2,1H3,(H,16,17). The minimum atomic E-state index is -3.01. The summed E-state index contributed by atoms with van der Waals surface area (Å²) in [5.74, 6) is 0.492. The molecule has 1 amide bonds. The lowest BCUT2D eigenvalue weighted by atomic mass is 10.1. The maximum absolute atomic E-state index is 12.4. The molecule has 23 heavy (non-hydrogen) atoms. The van der Waals surface area contributed by atoms with E-state index in [4.69, 9.17) is 4.74 Å². The second-order valence-electron chi connectivity index (χ2n) is 5.34. The molecule has 0 bridgehead atoms. The Morgan fingerprint density at radius 2 is 2.00 bits per heavy atom. The molecule has 0 aliphatic carbocycles. The van der Waals surface area contributed by atoms with Crippen LogP contribution in [0.15, 0.2) is 30.3 Å². The highest BCUT2D eigenvalue weighted by molar-refractivity contribution is 7.91. The van der Waals surface area contributed by atoms with E-state index >= 15 is 0 Å². The fourth-order valence-electron chi connectivity index (χ4n) is 2.45. The maximum Gasteiger partial charge on any atom is 0.271 e. The fourth-order valence-corrected chi connectivity index (χ4v) is 3.65. The van der Waals surface area contributed by atoms with Crippen LogP contribution in [0, 0.1) is 0 Å². The van der Waals surface area contributed by atoms with Crippen LogP contribution >= 0.6 is 0 Å². The van der Waals surface area contributed by atoms with Gasteiger partial charge in [-0.1, -0.05) is 12.1 Å². The van der Waals surface area contributed by atoms with Gasteiger partial charge in [-0.05, 0) is 18.2 Å².